The molecule has 0 spiro atoms. The Morgan fingerprint density at radius 2 is 1.00 bits per heavy atom. The van der Waals surface area contributed by atoms with Crippen molar-refractivity contribution < 1.29 is 18.9 Å². The van der Waals surface area contributed by atoms with Gasteiger partial charge in [-0.3, -0.25) is 0 Å². The van der Waals surface area contributed by atoms with Gasteiger partial charge in [-0.05, 0) is 30.3 Å². The van der Waals surface area contributed by atoms with Crippen LogP contribution in [-0.4, -0.2) is 16.1 Å². The predicted molar refractivity (Wildman–Crippen MR) is 66.1 cm³/mol. The van der Waals surface area contributed by atoms with E-state index < -0.39 is 16.1 Å². The molecule has 1 aliphatic rings. The minimum absolute atomic E-state index is 0. The van der Waals surface area contributed by atoms with E-state index in [9.17, 15) is 0 Å². The third kappa shape index (κ3) is 3.89. The zero-order valence-corrected chi connectivity index (χ0v) is 12.7. The first-order valence-corrected chi connectivity index (χ1v) is 12.0. The average molecular weight is 216 g/mol. The third-order valence-electron chi connectivity index (χ3n) is 2.49. The van der Waals surface area contributed by atoms with Gasteiger partial charge in [-0.2, -0.15) is 0 Å². The fourth-order valence-electron chi connectivity index (χ4n) is 1.38. The van der Waals surface area contributed by atoms with Gasteiger partial charge in [0.05, 0.1) is 16.1 Å². The van der Waals surface area contributed by atoms with E-state index in [2.05, 4.69) is 58.5 Å². The molecule has 0 unspecified atom stereocenters. The van der Waals surface area contributed by atoms with E-state index in [-0.39, 0.29) is 18.9 Å². The maximum atomic E-state index is 2.46. The van der Waals surface area contributed by atoms with Crippen LogP contribution in [0.25, 0.3) is 0 Å². The van der Waals surface area contributed by atoms with Crippen LogP contribution in [-0.2, 0) is 0 Å². The minimum Gasteiger partial charge on any atom is -0.0691 e. The Morgan fingerprint density at radius 3 is 1.14 bits per heavy atom. The van der Waals surface area contributed by atoms with E-state index in [0.29, 0.717) is 0 Å². The SMILES string of the molecule is C[Si](C)(C)[C]1[CH][CH][C]([Si](C)(C)C)[CH]1.[Li+]. The second kappa shape index (κ2) is 4.91. The first kappa shape index (κ1) is 15.0. The number of hydrogen-bond donors (Lipinski definition) is 0. The molecule has 0 nitrogen and oxygen atoms in total. The Hall–Kier alpha value is 1.03. The van der Waals surface area contributed by atoms with Gasteiger partial charge in [0, 0.05) is 0 Å². The summed E-state index contributed by atoms with van der Waals surface area (Å²) >= 11 is 0. The molecule has 0 atom stereocenters. The van der Waals surface area contributed by atoms with Crippen molar-refractivity contribution in [3.63, 3.8) is 0 Å². The summed E-state index contributed by atoms with van der Waals surface area (Å²) in [5.74, 6) is 0. The maximum absolute atomic E-state index is 2.46. The molecule has 0 aromatic heterocycles. The van der Waals surface area contributed by atoms with Crippen molar-refractivity contribution in [2.24, 2.45) is 0 Å². The molecular weight excluding hydrogens is 195 g/mol. The van der Waals surface area contributed by atoms with Gasteiger partial charge in [0.1, 0.15) is 0 Å². The molecule has 1 rings (SSSR count). The fourth-order valence-corrected chi connectivity index (χ4v) is 3.86. The Balaban J connectivity index is 0.00000169. The fraction of sp³-hybridized carbons (Fsp3) is 0.545. The van der Waals surface area contributed by atoms with Crippen molar-refractivity contribution in [3.8, 4) is 0 Å². The summed E-state index contributed by atoms with van der Waals surface area (Å²) in [6.45, 7) is 14.5. The molecule has 0 aromatic rings. The average Bonchev–Trinajstić information content (AvgIpc) is 2.28. The Labute approximate surface area is 104 Å². The van der Waals surface area contributed by atoms with Crippen LogP contribution in [0.15, 0.2) is 0 Å². The van der Waals surface area contributed by atoms with Crippen LogP contribution in [0.2, 0.25) is 39.3 Å². The number of rotatable bonds is 2. The van der Waals surface area contributed by atoms with Gasteiger partial charge < -0.3 is 0 Å². The quantitative estimate of drug-likeness (QED) is 0.591. The van der Waals surface area contributed by atoms with Crippen molar-refractivity contribution in [2.45, 2.75) is 39.3 Å². The summed E-state index contributed by atoms with van der Waals surface area (Å²) < 4.78 is 0. The molecule has 73 valence electrons. The van der Waals surface area contributed by atoms with Gasteiger partial charge in [-0.15, -0.1) is 0 Å². The van der Waals surface area contributed by atoms with E-state index in [1.54, 1.807) is 11.1 Å². The molecule has 5 radical (unpaired) electrons. The van der Waals surface area contributed by atoms with Crippen LogP contribution in [0.4, 0.5) is 0 Å². The zero-order valence-electron chi connectivity index (χ0n) is 10.7. The number of hydrogen-bond acceptors (Lipinski definition) is 0. The Bertz CT molecular complexity index is 159. The molecule has 0 bridgehead atoms. The summed E-state index contributed by atoms with van der Waals surface area (Å²) in [5.41, 5.74) is 3.23. The molecular formula is C11H21LiSi2+. The summed E-state index contributed by atoms with van der Waals surface area (Å²) in [7, 11) is -2.14. The van der Waals surface area contributed by atoms with Gasteiger partial charge in [0.25, 0.3) is 0 Å². The van der Waals surface area contributed by atoms with Crippen molar-refractivity contribution in [3.05, 3.63) is 30.3 Å². The summed E-state index contributed by atoms with van der Waals surface area (Å²) in [4.78, 5) is 0. The molecule has 1 fully saturated rings. The first-order valence-electron chi connectivity index (χ1n) is 4.99. The first-order chi connectivity index (χ1) is 5.71. The van der Waals surface area contributed by atoms with Crippen molar-refractivity contribution in [1.82, 2.24) is 0 Å². The third-order valence-corrected chi connectivity index (χ3v) is 6.57. The van der Waals surface area contributed by atoms with Gasteiger partial charge >= 0.3 is 18.9 Å². The van der Waals surface area contributed by atoms with Crippen LogP contribution in [0, 0.1) is 30.3 Å². The summed E-state index contributed by atoms with van der Waals surface area (Å²) in [5, 5.41) is 0. The van der Waals surface area contributed by atoms with Crippen molar-refractivity contribution in [2.75, 3.05) is 0 Å². The maximum Gasteiger partial charge on any atom is 1.00 e. The van der Waals surface area contributed by atoms with E-state index in [0.717, 1.165) is 0 Å². The predicted octanol–water partition coefficient (Wildman–Crippen LogP) is 0.521. The minimum atomic E-state index is -1.07. The Morgan fingerprint density at radius 1 is 0.714 bits per heavy atom. The van der Waals surface area contributed by atoms with E-state index in [1.807, 2.05) is 0 Å². The van der Waals surface area contributed by atoms with Crippen molar-refractivity contribution in [1.29, 1.82) is 0 Å². The molecule has 1 aliphatic carbocycles. The largest absolute Gasteiger partial charge is 1.00 e. The second-order valence-corrected chi connectivity index (χ2v) is 16.0. The second-order valence-electron chi connectivity index (χ2n) is 5.89. The smallest absolute Gasteiger partial charge is 0.0691 e. The Kier molecular flexibility index (Phi) is 5.27. The molecule has 0 N–H and O–H groups in total. The molecule has 0 heterocycles. The van der Waals surface area contributed by atoms with Crippen LogP contribution < -0.4 is 18.9 Å². The molecule has 14 heavy (non-hydrogen) atoms. The normalized spacial score (nSPS) is 21.0. The van der Waals surface area contributed by atoms with Gasteiger partial charge in [0.2, 0.25) is 0 Å². The summed E-state index contributed by atoms with van der Waals surface area (Å²) in [6, 6.07) is 0. The van der Waals surface area contributed by atoms with Gasteiger partial charge in [-0.1, -0.05) is 39.3 Å². The van der Waals surface area contributed by atoms with Gasteiger partial charge in [0.15, 0.2) is 0 Å². The summed E-state index contributed by atoms with van der Waals surface area (Å²) in [6.07, 6.45) is 7.15. The molecule has 1 saturated carbocycles. The van der Waals surface area contributed by atoms with Gasteiger partial charge in [-0.25, -0.2) is 0 Å². The standard InChI is InChI=1S/C11H21Si2.Li/c1-12(2,3)10-7-8-11(9-10)13(4,5)6;/h7-9H,1-6H3;/q;+1. The molecule has 0 amide bonds. The van der Waals surface area contributed by atoms with Crippen LogP contribution in [0.1, 0.15) is 0 Å². The zero-order chi connectivity index (χ0) is 10.3. The van der Waals surface area contributed by atoms with E-state index in [1.165, 1.54) is 0 Å². The van der Waals surface area contributed by atoms with E-state index in [4.69, 9.17) is 0 Å². The topological polar surface area (TPSA) is 0 Å². The molecule has 0 saturated heterocycles. The van der Waals surface area contributed by atoms with Crippen LogP contribution in [0.5, 0.6) is 0 Å². The van der Waals surface area contributed by atoms with E-state index >= 15 is 0 Å². The molecule has 3 heteroatoms. The molecule has 0 aliphatic heterocycles. The monoisotopic (exact) mass is 216 g/mol. The van der Waals surface area contributed by atoms with Crippen LogP contribution in [0.3, 0.4) is 0 Å². The molecule has 0 aromatic carbocycles. The van der Waals surface area contributed by atoms with Crippen LogP contribution >= 0.6 is 0 Å². The van der Waals surface area contributed by atoms with Crippen molar-refractivity contribution >= 4 is 16.1 Å².